The molecule has 6 nitrogen and oxygen atoms in total. The summed E-state index contributed by atoms with van der Waals surface area (Å²) in [6.45, 7) is 2.15. The molecule has 6 heteroatoms. The maximum Gasteiger partial charge on any atom is 0.269 e. The molecule has 2 aliphatic heterocycles. The van der Waals surface area contributed by atoms with E-state index in [0.29, 0.717) is 12.1 Å². The number of aliphatic hydroxyl groups excluding tert-OH is 1. The number of hydrogen-bond acceptors (Lipinski definition) is 5. The van der Waals surface area contributed by atoms with Crippen molar-refractivity contribution in [2.75, 3.05) is 7.05 Å². The van der Waals surface area contributed by atoms with Crippen molar-refractivity contribution in [2.45, 2.75) is 68.2 Å². The number of rotatable bonds is 5. The molecule has 0 aromatic carbocycles. The fraction of sp³-hybridized carbons (Fsp3) is 0.522. The van der Waals surface area contributed by atoms with Crippen LogP contribution in [0.1, 0.15) is 55.1 Å². The summed E-state index contributed by atoms with van der Waals surface area (Å²) in [7, 11) is 1.59. The van der Waals surface area contributed by atoms with Gasteiger partial charge in [-0.25, -0.2) is 0 Å². The normalized spacial score (nSPS) is 36.2. The van der Waals surface area contributed by atoms with Gasteiger partial charge in [0, 0.05) is 37.2 Å². The van der Waals surface area contributed by atoms with Crippen molar-refractivity contribution >= 4 is 12.2 Å². The highest BCUT2D eigenvalue weighted by molar-refractivity contribution is 5.91. The lowest BCUT2D eigenvalue weighted by atomic mass is 9.61. The third-order valence-corrected chi connectivity index (χ3v) is 7.20. The number of hydrogen-bond donors (Lipinski definition) is 2. The van der Waals surface area contributed by atoms with Crippen LogP contribution in [0.5, 0.6) is 0 Å². The molecular formula is C23H29N3O3. The number of piperidine rings is 1. The van der Waals surface area contributed by atoms with Crippen molar-refractivity contribution in [3.63, 3.8) is 0 Å². The zero-order valence-electron chi connectivity index (χ0n) is 17.0. The summed E-state index contributed by atoms with van der Waals surface area (Å²) in [6, 6.07) is 4.21. The molecule has 2 saturated heterocycles. The van der Waals surface area contributed by atoms with Crippen molar-refractivity contribution in [2.24, 2.45) is 0 Å². The molecule has 4 rings (SSSR count). The van der Waals surface area contributed by atoms with Gasteiger partial charge in [-0.1, -0.05) is 30.4 Å². The van der Waals surface area contributed by atoms with Gasteiger partial charge in [-0.15, -0.1) is 0 Å². The standard InChI is InChI=1S/C23H29N3O3/c1-22(16-5-8-20(25-15-16)21(29)24-2)9-3-4-10-23(22,11-12-27)26-17-6-7-18(26)14-19(28)13-17/h3-5,8-10,12,15,17-19,28H,6-7,11,13-14H2,1-2H3,(H,24,29). The van der Waals surface area contributed by atoms with Crippen LogP contribution in [-0.4, -0.2) is 58.0 Å². The molecular weight excluding hydrogens is 366 g/mol. The van der Waals surface area contributed by atoms with E-state index < -0.39 is 11.0 Å². The molecule has 4 unspecified atom stereocenters. The average Bonchev–Trinajstić information content (AvgIpc) is 3.01. The molecule has 1 aromatic rings. The lowest BCUT2D eigenvalue weighted by Crippen LogP contribution is -2.65. The second kappa shape index (κ2) is 7.50. The lowest BCUT2D eigenvalue weighted by Gasteiger charge is -2.57. The van der Waals surface area contributed by atoms with Gasteiger partial charge in [-0.2, -0.15) is 0 Å². The Balaban J connectivity index is 1.80. The van der Waals surface area contributed by atoms with E-state index in [-0.39, 0.29) is 24.1 Å². The molecule has 2 bridgehead atoms. The number of carbonyl (C=O) groups excluding carboxylic acids is 2. The summed E-state index contributed by atoms with van der Waals surface area (Å²) >= 11 is 0. The Morgan fingerprint density at radius 1 is 1.28 bits per heavy atom. The van der Waals surface area contributed by atoms with E-state index in [2.05, 4.69) is 34.3 Å². The van der Waals surface area contributed by atoms with Crippen LogP contribution in [0.25, 0.3) is 0 Å². The molecule has 0 saturated carbocycles. The van der Waals surface area contributed by atoms with Gasteiger partial charge >= 0.3 is 0 Å². The van der Waals surface area contributed by atoms with E-state index in [1.807, 2.05) is 18.2 Å². The summed E-state index contributed by atoms with van der Waals surface area (Å²) < 4.78 is 0. The minimum Gasteiger partial charge on any atom is -0.393 e. The van der Waals surface area contributed by atoms with Gasteiger partial charge in [0.15, 0.2) is 0 Å². The van der Waals surface area contributed by atoms with Crippen LogP contribution in [0.2, 0.25) is 0 Å². The fourth-order valence-corrected chi connectivity index (χ4v) is 5.76. The zero-order chi connectivity index (χ0) is 20.6. The second-order valence-corrected chi connectivity index (χ2v) is 8.64. The van der Waals surface area contributed by atoms with Crippen LogP contribution in [0, 0.1) is 0 Å². The van der Waals surface area contributed by atoms with Crippen LogP contribution in [0.4, 0.5) is 0 Å². The maximum absolute atomic E-state index is 11.9. The Labute approximate surface area is 171 Å². The molecule has 3 heterocycles. The molecule has 2 fully saturated rings. The molecule has 1 aliphatic carbocycles. The van der Waals surface area contributed by atoms with Crippen LogP contribution in [0.3, 0.4) is 0 Å². The monoisotopic (exact) mass is 395 g/mol. The Morgan fingerprint density at radius 3 is 2.55 bits per heavy atom. The largest absolute Gasteiger partial charge is 0.393 e. The minimum atomic E-state index is -0.522. The van der Waals surface area contributed by atoms with Gasteiger partial charge in [0.25, 0.3) is 5.91 Å². The first-order chi connectivity index (χ1) is 13.9. The number of aldehydes is 1. The molecule has 2 N–H and O–H groups in total. The molecule has 0 spiro atoms. The van der Waals surface area contributed by atoms with Crippen LogP contribution >= 0.6 is 0 Å². The molecule has 0 radical (unpaired) electrons. The highest BCUT2D eigenvalue weighted by Gasteiger charge is 2.57. The third-order valence-electron chi connectivity index (χ3n) is 7.20. The van der Waals surface area contributed by atoms with E-state index in [1.165, 1.54) is 0 Å². The Kier molecular flexibility index (Phi) is 5.17. The first kappa shape index (κ1) is 20.0. The first-order valence-corrected chi connectivity index (χ1v) is 10.4. The highest BCUT2D eigenvalue weighted by atomic mass is 16.3. The molecule has 3 aliphatic rings. The summed E-state index contributed by atoms with van der Waals surface area (Å²) in [5, 5.41) is 12.9. The summed E-state index contributed by atoms with van der Waals surface area (Å²) in [4.78, 5) is 30.7. The van der Waals surface area contributed by atoms with Gasteiger partial charge in [-0.05, 0) is 44.2 Å². The fourth-order valence-electron chi connectivity index (χ4n) is 5.76. The smallest absolute Gasteiger partial charge is 0.269 e. The molecule has 154 valence electrons. The first-order valence-electron chi connectivity index (χ1n) is 10.4. The number of nitrogens with one attached hydrogen (secondary N) is 1. The number of fused-ring (bicyclic) bond motifs is 2. The van der Waals surface area contributed by atoms with Gasteiger partial charge < -0.3 is 15.2 Å². The summed E-state index contributed by atoms with van der Waals surface area (Å²) in [6.07, 6.45) is 14.8. The van der Waals surface area contributed by atoms with Crippen molar-refractivity contribution in [3.8, 4) is 0 Å². The predicted molar refractivity (Wildman–Crippen MR) is 111 cm³/mol. The van der Waals surface area contributed by atoms with E-state index in [1.54, 1.807) is 19.3 Å². The number of aromatic nitrogens is 1. The second-order valence-electron chi connectivity index (χ2n) is 8.64. The SMILES string of the molecule is CNC(=O)c1ccc(C2(C)C=CC=CC2(CC=O)N2C3CCC2CC(O)C3)cn1. The maximum atomic E-state index is 11.9. The lowest BCUT2D eigenvalue weighted by molar-refractivity contribution is -0.113. The van der Waals surface area contributed by atoms with Gasteiger partial charge in [-0.3, -0.25) is 14.7 Å². The molecule has 1 aromatic heterocycles. The predicted octanol–water partition coefficient (Wildman–Crippen LogP) is 2.14. The number of allylic oxidation sites excluding steroid dienone is 2. The average molecular weight is 396 g/mol. The number of nitrogens with zero attached hydrogens (tertiary/aromatic N) is 2. The Hall–Kier alpha value is -2.31. The van der Waals surface area contributed by atoms with Crippen molar-refractivity contribution in [1.29, 1.82) is 0 Å². The van der Waals surface area contributed by atoms with E-state index in [4.69, 9.17) is 0 Å². The van der Waals surface area contributed by atoms with Gasteiger partial charge in [0.2, 0.25) is 0 Å². The van der Waals surface area contributed by atoms with E-state index in [9.17, 15) is 14.7 Å². The van der Waals surface area contributed by atoms with Crippen molar-refractivity contribution in [1.82, 2.24) is 15.2 Å². The summed E-state index contributed by atoms with van der Waals surface area (Å²) in [5.74, 6) is -0.219. The van der Waals surface area contributed by atoms with Crippen molar-refractivity contribution < 1.29 is 14.7 Å². The quantitative estimate of drug-likeness (QED) is 0.747. The number of pyridine rings is 1. The van der Waals surface area contributed by atoms with Gasteiger partial charge in [0.1, 0.15) is 12.0 Å². The molecule has 1 amide bonds. The van der Waals surface area contributed by atoms with E-state index in [0.717, 1.165) is 37.5 Å². The van der Waals surface area contributed by atoms with Gasteiger partial charge in [0.05, 0.1) is 11.6 Å². The number of carbonyl (C=O) groups is 2. The number of aliphatic hydroxyl groups is 1. The zero-order valence-corrected chi connectivity index (χ0v) is 17.0. The highest BCUT2D eigenvalue weighted by Crippen LogP contribution is 2.52. The third kappa shape index (κ3) is 3.06. The molecule has 29 heavy (non-hydrogen) atoms. The van der Waals surface area contributed by atoms with Crippen LogP contribution < -0.4 is 5.32 Å². The summed E-state index contributed by atoms with van der Waals surface area (Å²) in [5.41, 5.74) is 0.335. The Morgan fingerprint density at radius 2 is 1.97 bits per heavy atom. The number of amides is 1. The van der Waals surface area contributed by atoms with E-state index >= 15 is 0 Å². The molecule has 4 atom stereocenters. The Bertz CT molecular complexity index is 835. The topological polar surface area (TPSA) is 82.5 Å². The van der Waals surface area contributed by atoms with Crippen LogP contribution in [-0.2, 0) is 10.2 Å². The van der Waals surface area contributed by atoms with Crippen molar-refractivity contribution in [3.05, 3.63) is 53.9 Å². The minimum absolute atomic E-state index is 0.219. The van der Waals surface area contributed by atoms with Crippen LogP contribution in [0.15, 0.2) is 42.6 Å².